The maximum absolute atomic E-state index is 12.3. The van der Waals surface area contributed by atoms with Crippen LogP contribution in [0.25, 0.3) is 0 Å². The maximum Gasteiger partial charge on any atom is 0.219 e. The first-order chi connectivity index (χ1) is 18.7. The lowest BCUT2D eigenvalue weighted by Gasteiger charge is -2.33. The van der Waals surface area contributed by atoms with Gasteiger partial charge in [0.05, 0.1) is 26.6 Å². The van der Waals surface area contributed by atoms with E-state index in [1.165, 1.54) is 5.56 Å². The van der Waals surface area contributed by atoms with Crippen molar-refractivity contribution in [3.05, 3.63) is 71.8 Å². The molecule has 2 heterocycles. The number of carbonyl (C=O) groups excluding carboxylic acids is 1. The fraction of sp³-hybridized carbons (Fsp3) is 0.467. The first kappa shape index (κ1) is 28.4. The number of nitrogens with zero attached hydrogens (tertiary/aromatic N) is 4. The van der Waals surface area contributed by atoms with E-state index in [9.17, 15) is 9.90 Å². The normalized spacial score (nSPS) is 18.0. The number of amides is 1. The summed E-state index contributed by atoms with van der Waals surface area (Å²) >= 11 is 0. The lowest BCUT2D eigenvalue weighted by molar-refractivity contribution is -0.132. The van der Waals surface area contributed by atoms with E-state index in [1.807, 2.05) is 54.1 Å². The number of aryl methyl sites for hydroxylation is 3. The summed E-state index contributed by atoms with van der Waals surface area (Å²) in [6.07, 6.45) is 6.35. The number of β-amino-alcohol motifs (C(OH)–C–C–N with tert-alkyl or cyclic N) is 1. The molecule has 0 saturated carbocycles. The monoisotopic (exact) mass is 536 g/mol. The molecule has 1 N–H and O–H groups in total. The molecule has 1 atom stereocenters. The Labute approximate surface area is 230 Å². The molecular weight excluding hydrogens is 496 g/mol. The number of rotatable bonds is 11. The zero-order chi connectivity index (χ0) is 27.8. The van der Waals surface area contributed by atoms with Gasteiger partial charge in [0.15, 0.2) is 11.5 Å². The van der Waals surface area contributed by atoms with E-state index in [0.29, 0.717) is 50.0 Å². The van der Waals surface area contributed by atoms with Gasteiger partial charge < -0.3 is 28.8 Å². The molecule has 1 aromatic heterocycles. The number of imidazole rings is 1. The Morgan fingerprint density at radius 2 is 1.90 bits per heavy atom. The molecule has 9 nitrogen and oxygen atoms in total. The van der Waals surface area contributed by atoms with E-state index >= 15 is 0 Å². The second-order valence-corrected chi connectivity index (χ2v) is 10.4. The summed E-state index contributed by atoms with van der Waals surface area (Å²) in [5, 5.41) is 11.6. The number of hydrogen-bond acceptors (Lipinski definition) is 7. The molecule has 9 heteroatoms. The Morgan fingerprint density at radius 1 is 1.05 bits per heavy atom. The first-order valence-electron chi connectivity index (χ1n) is 13.4. The van der Waals surface area contributed by atoms with Crippen LogP contribution in [0.1, 0.15) is 30.0 Å². The highest BCUT2D eigenvalue weighted by atomic mass is 16.5. The second kappa shape index (κ2) is 13.0. The number of benzene rings is 2. The average Bonchev–Trinajstić information content (AvgIpc) is 3.37. The largest absolute Gasteiger partial charge is 0.493 e. The van der Waals surface area contributed by atoms with Crippen LogP contribution in [0.4, 0.5) is 0 Å². The van der Waals surface area contributed by atoms with Gasteiger partial charge in [-0.1, -0.05) is 12.1 Å². The third-order valence-corrected chi connectivity index (χ3v) is 7.13. The van der Waals surface area contributed by atoms with Crippen molar-refractivity contribution in [3.63, 3.8) is 0 Å². The molecule has 2 aromatic carbocycles. The minimum Gasteiger partial charge on any atom is -0.493 e. The molecular formula is C30H40N4O5. The highest BCUT2D eigenvalue weighted by Gasteiger charge is 2.37. The number of methoxy groups -OCH3 is 1. The van der Waals surface area contributed by atoms with Gasteiger partial charge in [-0.15, -0.1) is 0 Å². The number of carbonyl (C=O) groups is 1. The molecule has 0 spiro atoms. The van der Waals surface area contributed by atoms with Crippen LogP contribution in [-0.4, -0.2) is 82.5 Å². The van der Waals surface area contributed by atoms with E-state index in [2.05, 4.69) is 16.8 Å². The zero-order valence-corrected chi connectivity index (χ0v) is 23.4. The van der Waals surface area contributed by atoms with E-state index < -0.39 is 5.60 Å². The summed E-state index contributed by atoms with van der Waals surface area (Å²) in [6.45, 7) is 9.48. The van der Waals surface area contributed by atoms with E-state index in [1.54, 1.807) is 31.5 Å². The van der Waals surface area contributed by atoms with Crippen LogP contribution in [0.3, 0.4) is 0 Å². The molecule has 0 bridgehead atoms. The zero-order valence-electron chi connectivity index (χ0n) is 23.4. The van der Waals surface area contributed by atoms with Crippen molar-refractivity contribution >= 4 is 5.91 Å². The summed E-state index contributed by atoms with van der Waals surface area (Å²) in [6, 6.07) is 11.8. The van der Waals surface area contributed by atoms with Gasteiger partial charge in [0.25, 0.3) is 0 Å². The SMILES string of the molecule is COc1cc(CN2CCN(C(C)=O)CC(O)(COc3ccc(C)c(C)c3)C2)ccc1OCCCn1ccnc1. The van der Waals surface area contributed by atoms with Gasteiger partial charge >= 0.3 is 0 Å². The van der Waals surface area contributed by atoms with Gasteiger partial charge in [-0.2, -0.15) is 0 Å². The van der Waals surface area contributed by atoms with Crippen molar-refractivity contribution in [2.75, 3.05) is 46.5 Å². The Kier molecular flexibility index (Phi) is 9.48. The Hall–Kier alpha value is -3.56. The maximum atomic E-state index is 12.3. The highest BCUT2D eigenvalue weighted by molar-refractivity contribution is 5.73. The van der Waals surface area contributed by atoms with Crippen molar-refractivity contribution in [1.82, 2.24) is 19.4 Å². The van der Waals surface area contributed by atoms with Gasteiger partial charge in [-0.25, -0.2) is 4.98 Å². The van der Waals surface area contributed by atoms with Crippen molar-refractivity contribution in [3.8, 4) is 17.2 Å². The minimum atomic E-state index is -1.22. The van der Waals surface area contributed by atoms with Crippen molar-refractivity contribution in [1.29, 1.82) is 0 Å². The lowest BCUT2D eigenvalue weighted by Crippen LogP contribution is -2.51. The molecule has 4 rings (SSSR count). The van der Waals surface area contributed by atoms with Crippen molar-refractivity contribution < 1.29 is 24.1 Å². The predicted molar refractivity (Wildman–Crippen MR) is 149 cm³/mol. The summed E-state index contributed by atoms with van der Waals surface area (Å²) in [5.74, 6) is 2.02. The summed E-state index contributed by atoms with van der Waals surface area (Å²) in [4.78, 5) is 20.2. The first-order valence-corrected chi connectivity index (χ1v) is 13.4. The van der Waals surface area contributed by atoms with Gasteiger partial charge in [0.1, 0.15) is 18.0 Å². The van der Waals surface area contributed by atoms with E-state index in [0.717, 1.165) is 24.1 Å². The fourth-order valence-electron chi connectivity index (χ4n) is 4.79. The molecule has 0 aliphatic carbocycles. The third-order valence-electron chi connectivity index (χ3n) is 7.13. The van der Waals surface area contributed by atoms with Crippen molar-refractivity contribution in [2.45, 2.75) is 45.9 Å². The third kappa shape index (κ3) is 7.97. The van der Waals surface area contributed by atoms with E-state index in [4.69, 9.17) is 14.2 Å². The van der Waals surface area contributed by atoms with Crippen LogP contribution in [0, 0.1) is 13.8 Å². The van der Waals surface area contributed by atoms with Crippen LogP contribution in [-0.2, 0) is 17.9 Å². The standard InChI is InChI=1S/C30H40N4O5/c1-23-6-8-27(16-24(23)2)39-21-30(36)19-33(13-14-34(20-30)25(3)35)18-26-7-9-28(29(17-26)37-4)38-15-5-11-32-12-10-31-22-32/h6-10,12,16-17,22,36H,5,11,13-15,18-21H2,1-4H3. The number of aliphatic hydroxyl groups is 1. The van der Waals surface area contributed by atoms with Gasteiger partial charge in [-0.05, 0) is 61.2 Å². The fourth-order valence-corrected chi connectivity index (χ4v) is 4.79. The van der Waals surface area contributed by atoms with E-state index in [-0.39, 0.29) is 19.1 Å². The molecule has 1 saturated heterocycles. The lowest BCUT2D eigenvalue weighted by atomic mass is 10.0. The summed E-state index contributed by atoms with van der Waals surface area (Å²) in [5.41, 5.74) is 2.13. The van der Waals surface area contributed by atoms with Crippen LogP contribution >= 0.6 is 0 Å². The molecule has 1 fully saturated rings. The smallest absolute Gasteiger partial charge is 0.219 e. The molecule has 1 aliphatic rings. The summed E-state index contributed by atoms with van der Waals surface area (Å²) in [7, 11) is 1.64. The van der Waals surface area contributed by atoms with Gasteiger partial charge in [-0.3, -0.25) is 9.69 Å². The molecule has 1 amide bonds. The predicted octanol–water partition coefficient (Wildman–Crippen LogP) is 3.45. The molecule has 39 heavy (non-hydrogen) atoms. The van der Waals surface area contributed by atoms with Gasteiger partial charge in [0.2, 0.25) is 5.91 Å². The molecule has 1 aliphatic heterocycles. The number of aromatic nitrogens is 2. The van der Waals surface area contributed by atoms with Crippen molar-refractivity contribution in [2.24, 2.45) is 0 Å². The molecule has 0 radical (unpaired) electrons. The Morgan fingerprint density at radius 3 is 2.62 bits per heavy atom. The summed E-state index contributed by atoms with van der Waals surface area (Å²) < 4.78 is 19.7. The topological polar surface area (TPSA) is 89.3 Å². The quantitative estimate of drug-likeness (QED) is 0.376. The van der Waals surface area contributed by atoms with Crippen LogP contribution in [0.2, 0.25) is 0 Å². The average molecular weight is 537 g/mol. The second-order valence-electron chi connectivity index (χ2n) is 10.4. The molecule has 1 unspecified atom stereocenters. The van der Waals surface area contributed by atoms with Crippen LogP contribution < -0.4 is 14.2 Å². The number of hydrogen-bond donors (Lipinski definition) is 1. The van der Waals surface area contributed by atoms with Gasteiger partial charge in [0, 0.05) is 52.0 Å². The Bertz CT molecular complexity index is 1230. The highest BCUT2D eigenvalue weighted by Crippen LogP contribution is 2.29. The van der Waals surface area contributed by atoms with Crippen LogP contribution in [0.5, 0.6) is 17.2 Å². The molecule has 210 valence electrons. The Balaban J connectivity index is 1.40. The minimum absolute atomic E-state index is 0.0577. The molecule has 3 aromatic rings. The number of ether oxygens (including phenoxy) is 3. The van der Waals surface area contributed by atoms with Crippen LogP contribution in [0.15, 0.2) is 55.1 Å².